The fraction of sp³-hybridized carbons (Fsp3) is 0.444. The minimum absolute atomic E-state index is 0.155. The number of aliphatic hydroxyl groups is 2. The van der Waals surface area contributed by atoms with Crippen LogP contribution in [0.3, 0.4) is 0 Å². The molecule has 18 heavy (non-hydrogen) atoms. The zero-order chi connectivity index (χ0) is 13.8. The van der Waals surface area contributed by atoms with E-state index in [1.165, 1.54) is 0 Å². The van der Waals surface area contributed by atoms with Crippen molar-refractivity contribution in [3.05, 3.63) is 40.0 Å². The normalized spacial score (nSPS) is 14.7. The van der Waals surface area contributed by atoms with E-state index in [-0.39, 0.29) is 5.56 Å². The largest absolute Gasteiger partial charge is 0.433 e. The molecule has 2 unspecified atom stereocenters. The van der Waals surface area contributed by atoms with Crippen molar-refractivity contribution in [3.63, 3.8) is 0 Å². The van der Waals surface area contributed by atoms with Gasteiger partial charge in [-0.3, -0.25) is 4.98 Å². The van der Waals surface area contributed by atoms with E-state index >= 15 is 0 Å². The Bertz CT molecular complexity index is 459. The molecule has 0 fully saturated rings. The van der Waals surface area contributed by atoms with Gasteiger partial charge in [0.25, 0.3) is 0 Å². The summed E-state index contributed by atoms with van der Waals surface area (Å²) in [6.07, 6.45) is -6.82. The predicted molar refractivity (Wildman–Crippen MR) is 54.2 cm³/mol. The molecule has 0 amide bonds. The molecule has 9 heteroatoms. The van der Waals surface area contributed by atoms with Crippen LogP contribution in [-0.4, -0.2) is 27.8 Å². The molecule has 0 aliphatic heterocycles. The van der Waals surface area contributed by atoms with Crippen molar-refractivity contribution in [1.29, 1.82) is 0 Å². The quantitative estimate of drug-likeness (QED) is 0.491. The van der Waals surface area contributed by atoms with Gasteiger partial charge < -0.3 is 10.2 Å². The Labute approximate surface area is 99.3 Å². The molecular formula is C9H9F3N4O2. The smallest absolute Gasteiger partial charge is 0.390 e. The molecule has 1 heterocycles. The summed E-state index contributed by atoms with van der Waals surface area (Å²) in [6, 6.07) is 1.77. The van der Waals surface area contributed by atoms with Crippen LogP contribution < -0.4 is 0 Å². The first-order valence-corrected chi connectivity index (χ1v) is 4.76. The van der Waals surface area contributed by atoms with Crippen LogP contribution in [0.1, 0.15) is 17.4 Å². The monoisotopic (exact) mass is 262 g/mol. The van der Waals surface area contributed by atoms with Gasteiger partial charge in [-0.15, -0.1) is 0 Å². The van der Waals surface area contributed by atoms with E-state index in [1.54, 1.807) is 0 Å². The van der Waals surface area contributed by atoms with Crippen molar-refractivity contribution < 1.29 is 23.4 Å². The molecule has 1 aromatic rings. The van der Waals surface area contributed by atoms with E-state index in [1.807, 2.05) is 0 Å². The van der Waals surface area contributed by atoms with Gasteiger partial charge in [-0.25, -0.2) is 0 Å². The summed E-state index contributed by atoms with van der Waals surface area (Å²) in [5, 5.41) is 22.0. The second-order valence-corrected chi connectivity index (χ2v) is 3.40. The zero-order valence-corrected chi connectivity index (χ0v) is 8.91. The van der Waals surface area contributed by atoms with E-state index < -0.39 is 30.6 Å². The maximum atomic E-state index is 12.4. The van der Waals surface area contributed by atoms with Gasteiger partial charge in [0.1, 0.15) is 11.8 Å². The maximum Gasteiger partial charge on any atom is 0.433 e. The van der Waals surface area contributed by atoms with Gasteiger partial charge in [0, 0.05) is 11.1 Å². The topological polar surface area (TPSA) is 102 Å². The number of hydrogen-bond donors (Lipinski definition) is 2. The lowest BCUT2D eigenvalue weighted by Crippen LogP contribution is -2.22. The Morgan fingerprint density at radius 2 is 2.11 bits per heavy atom. The van der Waals surface area contributed by atoms with Crippen LogP contribution in [0.5, 0.6) is 0 Å². The number of azide groups is 1. The Morgan fingerprint density at radius 3 is 2.67 bits per heavy atom. The molecule has 0 saturated carbocycles. The summed E-state index contributed by atoms with van der Waals surface area (Å²) in [5.41, 5.74) is 6.70. The average molecular weight is 262 g/mol. The van der Waals surface area contributed by atoms with Crippen molar-refractivity contribution in [3.8, 4) is 0 Å². The molecule has 98 valence electrons. The van der Waals surface area contributed by atoms with Crippen molar-refractivity contribution in [2.75, 3.05) is 6.54 Å². The summed E-state index contributed by atoms with van der Waals surface area (Å²) in [5.74, 6) is 0. The third-order valence-corrected chi connectivity index (χ3v) is 2.11. The molecule has 6 nitrogen and oxygen atoms in total. The van der Waals surface area contributed by atoms with Gasteiger partial charge in [-0.1, -0.05) is 5.11 Å². The molecule has 0 radical (unpaired) electrons. The van der Waals surface area contributed by atoms with Gasteiger partial charge in [0.05, 0.1) is 12.6 Å². The average Bonchev–Trinajstić information content (AvgIpc) is 2.34. The number of hydrogen-bond acceptors (Lipinski definition) is 4. The molecule has 2 N–H and O–H groups in total. The van der Waals surface area contributed by atoms with Gasteiger partial charge >= 0.3 is 6.18 Å². The van der Waals surface area contributed by atoms with E-state index in [4.69, 9.17) is 5.53 Å². The Morgan fingerprint density at radius 1 is 1.44 bits per heavy atom. The number of aromatic nitrogens is 1. The third kappa shape index (κ3) is 3.59. The fourth-order valence-corrected chi connectivity index (χ4v) is 1.23. The van der Waals surface area contributed by atoms with E-state index in [0.29, 0.717) is 6.07 Å². The van der Waals surface area contributed by atoms with Crippen LogP contribution in [0.25, 0.3) is 10.4 Å². The minimum Gasteiger partial charge on any atom is -0.390 e. The Kier molecular flexibility index (Phi) is 4.49. The van der Waals surface area contributed by atoms with Crippen LogP contribution in [-0.2, 0) is 6.18 Å². The number of rotatable bonds is 4. The summed E-state index contributed by atoms with van der Waals surface area (Å²) >= 11 is 0. The first-order valence-electron chi connectivity index (χ1n) is 4.76. The highest BCUT2D eigenvalue weighted by Crippen LogP contribution is 2.29. The van der Waals surface area contributed by atoms with Crippen molar-refractivity contribution in [1.82, 2.24) is 4.98 Å². The maximum absolute atomic E-state index is 12.4. The molecule has 0 aliphatic carbocycles. The highest BCUT2D eigenvalue weighted by atomic mass is 19.4. The van der Waals surface area contributed by atoms with E-state index in [0.717, 1.165) is 12.3 Å². The van der Waals surface area contributed by atoms with Crippen molar-refractivity contribution >= 4 is 0 Å². The zero-order valence-electron chi connectivity index (χ0n) is 8.91. The van der Waals surface area contributed by atoms with Crippen LogP contribution in [0.2, 0.25) is 0 Å². The summed E-state index contributed by atoms with van der Waals surface area (Å²) in [4.78, 5) is 5.48. The summed E-state index contributed by atoms with van der Waals surface area (Å²) in [6.45, 7) is -0.443. The first-order chi connectivity index (χ1) is 8.36. The van der Waals surface area contributed by atoms with E-state index in [9.17, 15) is 23.4 Å². The van der Waals surface area contributed by atoms with E-state index in [2.05, 4.69) is 15.0 Å². The second kappa shape index (κ2) is 5.67. The lowest BCUT2D eigenvalue weighted by atomic mass is 10.0. The molecular weight excluding hydrogens is 253 g/mol. The number of nitrogens with zero attached hydrogens (tertiary/aromatic N) is 4. The fourth-order valence-electron chi connectivity index (χ4n) is 1.23. The van der Waals surface area contributed by atoms with Crippen LogP contribution >= 0.6 is 0 Å². The second-order valence-electron chi connectivity index (χ2n) is 3.40. The van der Waals surface area contributed by atoms with Gasteiger partial charge in [-0.2, -0.15) is 13.2 Å². The predicted octanol–water partition coefficient (Wildman–Crippen LogP) is 1.80. The molecule has 0 bridgehead atoms. The lowest BCUT2D eigenvalue weighted by molar-refractivity contribution is -0.141. The van der Waals surface area contributed by atoms with Gasteiger partial charge in [0.2, 0.25) is 0 Å². The number of alkyl halides is 3. The molecule has 2 atom stereocenters. The first kappa shape index (κ1) is 14.2. The third-order valence-electron chi connectivity index (χ3n) is 2.11. The highest BCUT2D eigenvalue weighted by molar-refractivity contribution is 5.21. The molecule has 0 aromatic carbocycles. The highest BCUT2D eigenvalue weighted by Gasteiger charge is 2.33. The summed E-state index contributed by atoms with van der Waals surface area (Å²) in [7, 11) is 0. The molecule has 1 rings (SSSR count). The summed E-state index contributed by atoms with van der Waals surface area (Å²) < 4.78 is 37.1. The van der Waals surface area contributed by atoms with Gasteiger partial charge in [0.15, 0.2) is 0 Å². The number of pyridine rings is 1. The molecule has 0 saturated heterocycles. The Balaban J connectivity index is 2.92. The number of aliphatic hydroxyl groups excluding tert-OH is 2. The standard InChI is InChI=1S/C9H9F3N4O2/c10-9(11,12)7-3-5(1-2-14-7)8(18)6(17)4-15-16-13/h1-3,6,8,17-18H,4H2. The molecule has 0 aliphatic rings. The molecule has 0 spiro atoms. The van der Waals surface area contributed by atoms with Gasteiger partial charge in [-0.05, 0) is 23.2 Å². The Hall–Kier alpha value is -1.83. The van der Waals surface area contributed by atoms with Crippen LogP contribution in [0, 0.1) is 0 Å². The minimum atomic E-state index is -4.63. The number of halogens is 3. The van der Waals surface area contributed by atoms with Crippen molar-refractivity contribution in [2.24, 2.45) is 5.11 Å². The van der Waals surface area contributed by atoms with Crippen LogP contribution in [0.15, 0.2) is 23.4 Å². The SMILES string of the molecule is [N-]=[N+]=NCC(O)C(O)c1ccnc(C(F)(F)F)c1. The van der Waals surface area contributed by atoms with Crippen molar-refractivity contribution in [2.45, 2.75) is 18.4 Å². The molecule has 1 aromatic heterocycles. The lowest BCUT2D eigenvalue weighted by Gasteiger charge is -2.17. The van der Waals surface area contributed by atoms with Crippen LogP contribution in [0.4, 0.5) is 13.2 Å².